The molecule has 0 saturated heterocycles. The monoisotopic (exact) mass is 496 g/mol. The number of benzene rings is 2. The number of hydrazone groups is 1. The lowest BCUT2D eigenvalue weighted by molar-refractivity contribution is -0.114. The van der Waals surface area contributed by atoms with Crippen LogP contribution in [-0.2, 0) is 4.79 Å². The van der Waals surface area contributed by atoms with Gasteiger partial charge < -0.3 is 9.52 Å². The van der Waals surface area contributed by atoms with Gasteiger partial charge in [-0.2, -0.15) is 10.1 Å². The third kappa shape index (κ3) is 3.73. The van der Waals surface area contributed by atoms with E-state index in [1.54, 1.807) is 0 Å². The number of furan rings is 1. The lowest BCUT2D eigenvalue weighted by Crippen LogP contribution is -2.25. The molecule has 0 fully saturated rings. The van der Waals surface area contributed by atoms with Crippen LogP contribution >= 0.6 is 11.6 Å². The summed E-state index contributed by atoms with van der Waals surface area (Å²) in [5, 5.41) is 13.0. The molecule has 174 valence electrons. The van der Waals surface area contributed by atoms with Gasteiger partial charge in [0, 0.05) is 5.56 Å². The van der Waals surface area contributed by atoms with Gasteiger partial charge in [0.05, 0.1) is 21.9 Å². The number of nitrogens with zero attached hydrogens (tertiary/aromatic N) is 2. The number of aromatic carboxylic acids is 1. The lowest BCUT2D eigenvalue weighted by Gasteiger charge is -2.14. The van der Waals surface area contributed by atoms with E-state index in [4.69, 9.17) is 21.1 Å². The molecule has 1 aromatic heterocycles. The van der Waals surface area contributed by atoms with Crippen molar-refractivity contribution in [3.63, 3.8) is 0 Å². The molecule has 3 aromatic rings. The molecule has 0 spiro atoms. The first-order chi connectivity index (χ1) is 16.0. The molecule has 0 atom stereocenters. The van der Waals surface area contributed by atoms with E-state index in [0.717, 1.165) is 6.08 Å². The van der Waals surface area contributed by atoms with Crippen LogP contribution in [0.3, 0.4) is 0 Å². The van der Waals surface area contributed by atoms with Crippen molar-refractivity contribution in [1.29, 1.82) is 0 Å². The topological polar surface area (TPSA) is 83.1 Å². The Labute approximate surface area is 192 Å². The molecule has 1 aliphatic rings. The largest absolute Gasteiger partial charge is 0.478 e. The van der Waals surface area contributed by atoms with Gasteiger partial charge in [-0.1, -0.05) is 11.6 Å². The normalized spacial score (nSPS) is 14.8. The van der Waals surface area contributed by atoms with Crippen LogP contribution in [0.4, 0.5) is 27.6 Å². The van der Waals surface area contributed by atoms with Gasteiger partial charge in [0.15, 0.2) is 23.3 Å². The molecule has 6 nitrogen and oxygen atoms in total. The highest BCUT2D eigenvalue weighted by Gasteiger charge is 2.37. The fourth-order valence-corrected chi connectivity index (χ4v) is 3.39. The van der Waals surface area contributed by atoms with Crippen LogP contribution in [0.1, 0.15) is 23.0 Å². The minimum atomic E-state index is -2.37. The van der Waals surface area contributed by atoms with Gasteiger partial charge in [0.1, 0.15) is 17.2 Å². The Hall–Kier alpha value is -3.99. The van der Waals surface area contributed by atoms with E-state index in [-0.39, 0.29) is 44.0 Å². The Bertz CT molecular complexity index is 1420. The molecular weight excluding hydrogens is 487 g/mol. The standard InChI is InChI=1S/C22H10ClF5N2O4/c1-8-11(21(31)30(29-8)20-18(27)16(25)15(24)17(26)19(20)28)7-10-3-5-14(34-10)12-6-9(22(32)33)2-4-13(12)23/h2-7H,1H3,(H,32,33)/b11-7+. The summed E-state index contributed by atoms with van der Waals surface area (Å²) in [6, 6.07) is 6.77. The van der Waals surface area contributed by atoms with E-state index >= 15 is 0 Å². The van der Waals surface area contributed by atoms with E-state index in [9.17, 15) is 31.5 Å². The number of hydrogen-bond donors (Lipinski definition) is 1. The number of amides is 1. The second-order valence-corrected chi connectivity index (χ2v) is 7.39. The van der Waals surface area contributed by atoms with E-state index < -0.39 is 46.6 Å². The zero-order chi connectivity index (χ0) is 24.9. The zero-order valence-corrected chi connectivity index (χ0v) is 17.6. The highest BCUT2D eigenvalue weighted by atomic mass is 35.5. The quantitative estimate of drug-likeness (QED) is 0.214. The minimum absolute atomic E-state index is 0.0453. The van der Waals surface area contributed by atoms with E-state index in [0.29, 0.717) is 0 Å². The molecule has 1 N–H and O–H groups in total. The fourth-order valence-electron chi connectivity index (χ4n) is 3.18. The van der Waals surface area contributed by atoms with Crippen LogP contribution in [0.2, 0.25) is 5.02 Å². The first-order valence-corrected chi connectivity index (χ1v) is 9.65. The summed E-state index contributed by atoms with van der Waals surface area (Å²) in [6.45, 7) is 1.28. The van der Waals surface area contributed by atoms with Gasteiger partial charge in [0.25, 0.3) is 5.91 Å². The van der Waals surface area contributed by atoms with Crippen molar-refractivity contribution in [2.24, 2.45) is 5.10 Å². The molecule has 4 rings (SSSR count). The molecule has 1 aliphatic heterocycles. The summed E-state index contributed by atoms with van der Waals surface area (Å²) < 4.78 is 74.4. The van der Waals surface area contributed by atoms with Crippen molar-refractivity contribution in [1.82, 2.24) is 0 Å². The molecule has 34 heavy (non-hydrogen) atoms. The van der Waals surface area contributed by atoms with Crippen LogP contribution in [0.15, 0.2) is 45.4 Å². The van der Waals surface area contributed by atoms with Crippen LogP contribution in [0, 0.1) is 29.1 Å². The van der Waals surface area contributed by atoms with Crippen molar-refractivity contribution < 1.29 is 41.1 Å². The number of anilines is 1. The molecule has 0 aliphatic carbocycles. The van der Waals surface area contributed by atoms with Crippen molar-refractivity contribution in [2.75, 3.05) is 5.01 Å². The maximum atomic E-state index is 14.2. The van der Waals surface area contributed by atoms with Gasteiger partial charge in [-0.25, -0.2) is 26.7 Å². The van der Waals surface area contributed by atoms with E-state index in [1.807, 2.05) is 0 Å². The summed E-state index contributed by atoms with van der Waals surface area (Å²) in [6.07, 6.45) is 1.14. The van der Waals surface area contributed by atoms with Crippen molar-refractivity contribution >= 4 is 41.0 Å². The van der Waals surface area contributed by atoms with Crippen LogP contribution < -0.4 is 5.01 Å². The number of carbonyl (C=O) groups is 2. The molecule has 0 saturated carbocycles. The van der Waals surface area contributed by atoms with Gasteiger partial charge in [-0.15, -0.1) is 0 Å². The third-order valence-electron chi connectivity index (χ3n) is 4.85. The Morgan fingerprint density at radius 3 is 2.26 bits per heavy atom. The first kappa shape index (κ1) is 23.2. The van der Waals surface area contributed by atoms with E-state index in [1.165, 1.54) is 37.3 Å². The average molecular weight is 497 g/mol. The maximum Gasteiger partial charge on any atom is 0.335 e. The van der Waals surface area contributed by atoms with Crippen LogP contribution in [0.5, 0.6) is 0 Å². The molecule has 0 unspecified atom stereocenters. The van der Waals surface area contributed by atoms with Crippen molar-refractivity contribution in [3.8, 4) is 11.3 Å². The predicted octanol–water partition coefficient (Wildman–Crippen LogP) is 5.80. The SMILES string of the molecule is CC1=NN(c2c(F)c(F)c(F)c(F)c2F)C(=O)/C1=C/c1ccc(-c2cc(C(=O)O)ccc2Cl)o1. The maximum absolute atomic E-state index is 14.2. The van der Waals surface area contributed by atoms with Gasteiger partial charge in [0.2, 0.25) is 5.82 Å². The first-order valence-electron chi connectivity index (χ1n) is 9.27. The second kappa shape index (κ2) is 8.41. The molecule has 12 heteroatoms. The number of halogens is 6. The lowest BCUT2D eigenvalue weighted by atomic mass is 10.1. The highest BCUT2D eigenvalue weighted by molar-refractivity contribution is 6.33. The van der Waals surface area contributed by atoms with Crippen molar-refractivity contribution in [3.05, 3.63) is 81.3 Å². The number of carboxylic acid groups (broad SMARTS) is 1. The molecule has 0 bridgehead atoms. The molecule has 2 heterocycles. The van der Waals surface area contributed by atoms with Crippen molar-refractivity contribution in [2.45, 2.75) is 6.92 Å². The number of rotatable bonds is 4. The minimum Gasteiger partial charge on any atom is -0.478 e. The second-order valence-electron chi connectivity index (χ2n) is 6.98. The molecule has 1 amide bonds. The molecule has 2 aromatic carbocycles. The summed E-state index contributed by atoms with van der Waals surface area (Å²) >= 11 is 6.11. The number of hydrogen-bond acceptors (Lipinski definition) is 4. The van der Waals surface area contributed by atoms with Gasteiger partial charge in [-0.3, -0.25) is 4.79 Å². The highest BCUT2D eigenvalue weighted by Crippen LogP contribution is 2.35. The Kier molecular flexibility index (Phi) is 5.74. The van der Waals surface area contributed by atoms with Gasteiger partial charge >= 0.3 is 5.97 Å². The van der Waals surface area contributed by atoms with E-state index in [2.05, 4.69) is 5.10 Å². The van der Waals surface area contributed by atoms with Gasteiger partial charge in [-0.05, 0) is 43.3 Å². The Morgan fingerprint density at radius 1 is 1.03 bits per heavy atom. The average Bonchev–Trinajstić information content (AvgIpc) is 3.37. The van der Waals surface area contributed by atoms with Crippen LogP contribution in [-0.4, -0.2) is 22.7 Å². The fraction of sp³-hybridized carbons (Fsp3) is 0.0455. The number of carboxylic acids is 1. The Morgan fingerprint density at radius 2 is 1.65 bits per heavy atom. The molecule has 0 radical (unpaired) electrons. The summed E-state index contributed by atoms with van der Waals surface area (Å²) in [4.78, 5) is 23.9. The Balaban J connectivity index is 1.71. The number of carbonyl (C=O) groups excluding carboxylic acids is 1. The summed E-state index contributed by atoms with van der Waals surface area (Å²) in [5.41, 5.74) is -1.64. The smallest absolute Gasteiger partial charge is 0.335 e. The zero-order valence-electron chi connectivity index (χ0n) is 16.8. The summed E-state index contributed by atoms with van der Waals surface area (Å²) in [5.74, 6) is -13.4. The predicted molar refractivity (Wildman–Crippen MR) is 111 cm³/mol. The molecular formula is C22H10ClF5N2O4. The van der Waals surface area contributed by atoms with Crippen LogP contribution in [0.25, 0.3) is 17.4 Å². The summed E-state index contributed by atoms with van der Waals surface area (Å²) in [7, 11) is 0. The third-order valence-corrected chi connectivity index (χ3v) is 5.18.